The fourth-order valence-electron chi connectivity index (χ4n) is 4.79. The third-order valence-electron chi connectivity index (χ3n) is 7.01. The van der Waals surface area contributed by atoms with Crippen LogP contribution in [0.25, 0.3) is 0 Å². The van der Waals surface area contributed by atoms with Crippen molar-refractivity contribution in [2.75, 3.05) is 52.7 Å². The lowest BCUT2D eigenvalue weighted by Crippen LogP contribution is -2.47. The van der Waals surface area contributed by atoms with Crippen LogP contribution < -0.4 is 9.47 Å². The molecular weight excluding hydrogens is 532 g/mol. The Morgan fingerprint density at radius 1 is 0.976 bits per heavy atom. The van der Waals surface area contributed by atoms with Gasteiger partial charge >= 0.3 is 0 Å². The largest absolute Gasteiger partial charge is 0.464 e. The highest BCUT2D eigenvalue weighted by Crippen LogP contribution is 2.33. The van der Waals surface area contributed by atoms with Crippen molar-refractivity contribution >= 4 is 17.5 Å². The van der Waals surface area contributed by atoms with Gasteiger partial charge in [0.2, 0.25) is 12.7 Å². The summed E-state index contributed by atoms with van der Waals surface area (Å²) in [5.41, 5.74) is 0.793. The van der Waals surface area contributed by atoms with Crippen LogP contribution in [-0.4, -0.2) is 84.2 Å². The number of nitrogens with zero attached hydrogens (tertiary/aromatic N) is 4. The molecule has 0 radical (unpaired) electrons. The predicted molar refractivity (Wildman–Crippen MR) is 147 cm³/mol. The number of carbonyl (C=O) groups is 2. The van der Waals surface area contributed by atoms with Crippen LogP contribution in [0.4, 0.5) is 5.69 Å². The lowest BCUT2D eigenvalue weighted by molar-refractivity contribution is -0.384. The number of nitro groups is 1. The average molecular weight is 565 g/mol. The second-order valence-corrected chi connectivity index (χ2v) is 9.94. The van der Waals surface area contributed by atoms with Gasteiger partial charge in [-0.05, 0) is 42.8 Å². The number of aryl methyl sites for hydroxylation is 1. The Hall–Kier alpha value is -4.42. The molecule has 0 aliphatic carbocycles. The molecule has 0 saturated carbocycles. The molecule has 216 valence electrons. The number of non-ortho nitro benzene ring substituents is 1. The molecule has 1 saturated heterocycles. The molecule has 1 fully saturated rings. The van der Waals surface area contributed by atoms with Gasteiger partial charge in [-0.15, -0.1) is 0 Å². The van der Waals surface area contributed by atoms with E-state index in [2.05, 4.69) is 4.90 Å². The number of ether oxygens (including phenoxy) is 3. The molecule has 0 spiro atoms. The molecule has 0 bridgehead atoms. The van der Waals surface area contributed by atoms with E-state index in [0.29, 0.717) is 37.0 Å². The minimum Gasteiger partial charge on any atom is -0.464 e. The summed E-state index contributed by atoms with van der Waals surface area (Å²) in [6, 6.07) is 14.7. The van der Waals surface area contributed by atoms with Gasteiger partial charge in [-0.2, -0.15) is 0 Å². The highest BCUT2D eigenvalue weighted by Gasteiger charge is 2.26. The number of amides is 2. The van der Waals surface area contributed by atoms with Gasteiger partial charge < -0.3 is 28.4 Å². The Kier molecular flexibility index (Phi) is 8.80. The van der Waals surface area contributed by atoms with Gasteiger partial charge in [0.15, 0.2) is 11.5 Å². The highest BCUT2D eigenvalue weighted by molar-refractivity contribution is 5.97. The maximum absolute atomic E-state index is 13.9. The summed E-state index contributed by atoms with van der Waals surface area (Å²) in [5, 5.41) is 11.3. The lowest BCUT2D eigenvalue weighted by Gasteiger charge is -2.31. The summed E-state index contributed by atoms with van der Waals surface area (Å²) in [7, 11) is 0. The van der Waals surface area contributed by atoms with Crippen LogP contribution in [-0.2, 0) is 22.6 Å². The van der Waals surface area contributed by atoms with E-state index in [1.54, 1.807) is 11.0 Å². The highest BCUT2D eigenvalue weighted by atomic mass is 16.7. The molecule has 5 rings (SSSR count). The monoisotopic (exact) mass is 564 g/mol. The van der Waals surface area contributed by atoms with E-state index < -0.39 is 10.8 Å². The molecule has 3 aromatic rings. The molecule has 2 aliphatic rings. The van der Waals surface area contributed by atoms with Crippen LogP contribution in [0.15, 0.2) is 59.0 Å². The Morgan fingerprint density at radius 2 is 1.78 bits per heavy atom. The number of rotatable bonds is 11. The minimum atomic E-state index is -0.543. The molecule has 2 aromatic carbocycles. The Labute approximate surface area is 237 Å². The number of benzene rings is 2. The molecule has 12 nitrogen and oxygen atoms in total. The van der Waals surface area contributed by atoms with Crippen LogP contribution in [0.2, 0.25) is 0 Å². The number of nitro benzene ring substituents is 1. The van der Waals surface area contributed by atoms with Crippen molar-refractivity contribution in [3.63, 3.8) is 0 Å². The summed E-state index contributed by atoms with van der Waals surface area (Å²) in [4.78, 5) is 43.5. The summed E-state index contributed by atoms with van der Waals surface area (Å²) >= 11 is 0. The zero-order chi connectivity index (χ0) is 28.8. The quantitative estimate of drug-likeness (QED) is 0.255. The van der Waals surface area contributed by atoms with Gasteiger partial charge in [-0.25, -0.2) is 0 Å². The van der Waals surface area contributed by atoms with Gasteiger partial charge in [0, 0.05) is 50.4 Å². The summed E-state index contributed by atoms with van der Waals surface area (Å²) in [6.45, 7) is 5.66. The van der Waals surface area contributed by atoms with Crippen molar-refractivity contribution in [2.45, 2.75) is 20.0 Å². The van der Waals surface area contributed by atoms with Crippen molar-refractivity contribution < 1.29 is 33.1 Å². The van der Waals surface area contributed by atoms with Crippen molar-refractivity contribution in [1.29, 1.82) is 0 Å². The fraction of sp³-hybridized carbons (Fsp3) is 0.379. The summed E-state index contributed by atoms with van der Waals surface area (Å²) < 4.78 is 22.1. The molecule has 0 unspecified atom stereocenters. The molecule has 3 heterocycles. The topological polar surface area (TPSA) is 128 Å². The number of carbonyl (C=O) groups excluding carboxylic acids is 2. The third-order valence-corrected chi connectivity index (χ3v) is 7.01. The first kappa shape index (κ1) is 28.1. The van der Waals surface area contributed by atoms with E-state index >= 15 is 0 Å². The maximum Gasteiger partial charge on any atom is 0.270 e. The van der Waals surface area contributed by atoms with Gasteiger partial charge in [0.1, 0.15) is 18.1 Å². The van der Waals surface area contributed by atoms with Crippen molar-refractivity contribution in [3.05, 3.63) is 87.4 Å². The van der Waals surface area contributed by atoms with E-state index in [-0.39, 0.29) is 50.1 Å². The standard InChI is InChI=1S/C29H32N4O8/c1-21-5-7-25(41-21)18-32(17-22-6-8-26-27(15-22)40-20-39-26)28(34)19-31(10-9-30-11-13-38-14-12-30)29(35)23-3-2-4-24(16-23)33(36)37/h2-8,15-16H,9-14,17-20H2,1H3. The molecule has 2 aliphatic heterocycles. The van der Waals surface area contributed by atoms with Gasteiger partial charge in [-0.1, -0.05) is 12.1 Å². The number of hydrogen-bond acceptors (Lipinski definition) is 9. The zero-order valence-corrected chi connectivity index (χ0v) is 22.8. The number of furan rings is 1. The molecular formula is C29H32N4O8. The fourth-order valence-corrected chi connectivity index (χ4v) is 4.79. The second-order valence-electron chi connectivity index (χ2n) is 9.94. The lowest BCUT2D eigenvalue weighted by atomic mass is 10.1. The van der Waals surface area contributed by atoms with E-state index in [0.717, 1.165) is 24.4 Å². The van der Waals surface area contributed by atoms with E-state index in [1.165, 1.54) is 29.2 Å². The van der Waals surface area contributed by atoms with Gasteiger partial charge in [0.05, 0.1) is 24.7 Å². The number of hydrogen-bond donors (Lipinski definition) is 0. The molecule has 12 heteroatoms. The number of fused-ring (bicyclic) bond motifs is 1. The Morgan fingerprint density at radius 3 is 2.54 bits per heavy atom. The van der Waals surface area contributed by atoms with Crippen LogP contribution in [0, 0.1) is 17.0 Å². The van der Waals surface area contributed by atoms with Gasteiger partial charge in [-0.3, -0.25) is 24.6 Å². The average Bonchev–Trinajstić information content (AvgIpc) is 3.63. The smallest absolute Gasteiger partial charge is 0.270 e. The van der Waals surface area contributed by atoms with Crippen LogP contribution in [0.3, 0.4) is 0 Å². The van der Waals surface area contributed by atoms with Crippen molar-refractivity contribution in [1.82, 2.24) is 14.7 Å². The Bertz CT molecular complexity index is 1400. The van der Waals surface area contributed by atoms with Crippen molar-refractivity contribution in [3.8, 4) is 11.5 Å². The van der Waals surface area contributed by atoms with Gasteiger partial charge in [0.25, 0.3) is 11.6 Å². The normalized spacial score (nSPS) is 14.6. The third kappa shape index (κ3) is 7.21. The number of morpholine rings is 1. The molecule has 0 atom stereocenters. The zero-order valence-electron chi connectivity index (χ0n) is 22.8. The first-order valence-electron chi connectivity index (χ1n) is 13.4. The first-order valence-corrected chi connectivity index (χ1v) is 13.4. The summed E-state index contributed by atoms with van der Waals surface area (Å²) in [6.07, 6.45) is 0. The van der Waals surface area contributed by atoms with E-state index in [1.807, 2.05) is 31.2 Å². The SMILES string of the molecule is Cc1ccc(CN(Cc2ccc3c(c2)OCO3)C(=O)CN(CCN2CCOCC2)C(=O)c2cccc([N+](=O)[O-])c2)o1. The van der Waals surface area contributed by atoms with Crippen LogP contribution in [0.5, 0.6) is 11.5 Å². The predicted octanol–water partition coefficient (Wildman–Crippen LogP) is 3.23. The van der Waals surface area contributed by atoms with Crippen LogP contribution >= 0.6 is 0 Å². The van der Waals surface area contributed by atoms with E-state index in [4.69, 9.17) is 18.6 Å². The van der Waals surface area contributed by atoms with E-state index in [9.17, 15) is 19.7 Å². The minimum absolute atomic E-state index is 0.144. The molecule has 1 aromatic heterocycles. The molecule has 0 N–H and O–H groups in total. The second kappa shape index (κ2) is 12.8. The molecule has 41 heavy (non-hydrogen) atoms. The van der Waals surface area contributed by atoms with Crippen molar-refractivity contribution in [2.24, 2.45) is 0 Å². The first-order chi connectivity index (χ1) is 19.9. The maximum atomic E-state index is 13.9. The molecule has 2 amide bonds. The Balaban J connectivity index is 1.37. The van der Waals surface area contributed by atoms with Crippen LogP contribution in [0.1, 0.15) is 27.4 Å². The summed E-state index contributed by atoms with van der Waals surface area (Å²) in [5.74, 6) is 1.84.